The SMILES string of the molecule is COc1cc2c(cc1OC)CN(C(=O)c1cn[nH]c1-c1ccccc1F)CC2. The van der Waals surface area contributed by atoms with Gasteiger partial charge in [-0.2, -0.15) is 5.10 Å². The molecule has 2 aromatic carbocycles. The Bertz CT molecular complexity index is 1030. The lowest BCUT2D eigenvalue weighted by atomic mass is 9.98. The lowest BCUT2D eigenvalue weighted by Crippen LogP contribution is -2.36. The molecule has 4 rings (SSSR count). The summed E-state index contributed by atoms with van der Waals surface area (Å²) in [4.78, 5) is 14.9. The highest BCUT2D eigenvalue weighted by Gasteiger charge is 2.27. The number of carbonyl (C=O) groups is 1. The van der Waals surface area contributed by atoms with Crippen molar-refractivity contribution in [3.8, 4) is 22.8 Å². The number of aromatic nitrogens is 2. The molecule has 0 spiro atoms. The minimum Gasteiger partial charge on any atom is -0.493 e. The second-order valence-electron chi connectivity index (χ2n) is 6.59. The van der Waals surface area contributed by atoms with Crippen molar-refractivity contribution in [3.63, 3.8) is 0 Å². The normalized spacial score (nSPS) is 13.2. The first-order chi connectivity index (χ1) is 13.6. The van der Waals surface area contributed by atoms with E-state index in [1.807, 2.05) is 12.1 Å². The molecular formula is C21H20FN3O3. The van der Waals surface area contributed by atoms with Gasteiger partial charge in [-0.05, 0) is 41.8 Å². The smallest absolute Gasteiger partial charge is 0.258 e. The molecule has 0 aliphatic carbocycles. The average Bonchev–Trinajstić information content (AvgIpc) is 3.21. The van der Waals surface area contributed by atoms with Crippen LogP contribution in [0.4, 0.5) is 4.39 Å². The van der Waals surface area contributed by atoms with E-state index in [2.05, 4.69) is 10.2 Å². The molecule has 1 aromatic heterocycles. The van der Waals surface area contributed by atoms with Gasteiger partial charge in [0.1, 0.15) is 5.82 Å². The van der Waals surface area contributed by atoms with Gasteiger partial charge in [-0.3, -0.25) is 9.89 Å². The fourth-order valence-electron chi connectivity index (χ4n) is 3.54. The van der Waals surface area contributed by atoms with Gasteiger partial charge in [0, 0.05) is 18.7 Å². The molecule has 28 heavy (non-hydrogen) atoms. The third kappa shape index (κ3) is 3.09. The minimum absolute atomic E-state index is 0.188. The quantitative estimate of drug-likeness (QED) is 0.752. The van der Waals surface area contributed by atoms with E-state index in [9.17, 15) is 9.18 Å². The zero-order valence-electron chi connectivity index (χ0n) is 15.7. The van der Waals surface area contributed by atoms with E-state index in [1.54, 1.807) is 37.3 Å². The summed E-state index contributed by atoms with van der Waals surface area (Å²) in [5, 5.41) is 6.74. The maximum atomic E-state index is 14.2. The lowest BCUT2D eigenvalue weighted by Gasteiger charge is -2.29. The van der Waals surface area contributed by atoms with Crippen molar-refractivity contribution >= 4 is 5.91 Å². The molecule has 7 heteroatoms. The maximum Gasteiger partial charge on any atom is 0.258 e. The van der Waals surface area contributed by atoms with Gasteiger partial charge in [0.15, 0.2) is 11.5 Å². The van der Waals surface area contributed by atoms with Crippen LogP contribution < -0.4 is 9.47 Å². The van der Waals surface area contributed by atoms with Gasteiger partial charge in [0.25, 0.3) is 5.91 Å². The second-order valence-corrected chi connectivity index (χ2v) is 6.59. The predicted molar refractivity (Wildman–Crippen MR) is 102 cm³/mol. The first-order valence-electron chi connectivity index (χ1n) is 8.93. The number of nitrogens with one attached hydrogen (secondary N) is 1. The van der Waals surface area contributed by atoms with E-state index in [-0.39, 0.29) is 5.91 Å². The average molecular weight is 381 g/mol. The number of hydrogen-bond acceptors (Lipinski definition) is 4. The van der Waals surface area contributed by atoms with Gasteiger partial charge in [0.2, 0.25) is 0 Å². The number of rotatable bonds is 4. The standard InChI is InChI=1S/C21H20FN3O3/c1-27-18-9-13-7-8-25(12-14(13)10-19(18)28-2)21(26)16-11-23-24-20(16)15-5-3-4-6-17(15)22/h3-6,9-11H,7-8,12H2,1-2H3,(H,23,24). The molecular weight excluding hydrogens is 361 g/mol. The molecule has 1 aliphatic rings. The maximum absolute atomic E-state index is 14.2. The van der Waals surface area contributed by atoms with Crippen molar-refractivity contribution in [2.75, 3.05) is 20.8 Å². The number of fused-ring (bicyclic) bond motifs is 1. The molecule has 2 heterocycles. The molecule has 0 saturated heterocycles. The van der Waals surface area contributed by atoms with E-state index in [4.69, 9.17) is 9.47 Å². The number of benzene rings is 2. The number of ether oxygens (including phenoxy) is 2. The van der Waals surface area contributed by atoms with Gasteiger partial charge in [-0.25, -0.2) is 4.39 Å². The van der Waals surface area contributed by atoms with Crippen LogP contribution in [0.25, 0.3) is 11.3 Å². The summed E-state index contributed by atoms with van der Waals surface area (Å²) in [6, 6.07) is 10.2. The van der Waals surface area contributed by atoms with Gasteiger partial charge >= 0.3 is 0 Å². The van der Waals surface area contributed by atoms with Crippen LogP contribution in [-0.4, -0.2) is 41.8 Å². The summed E-state index contributed by atoms with van der Waals surface area (Å²) < 4.78 is 24.9. The highest BCUT2D eigenvalue weighted by molar-refractivity contribution is 5.99. The lowest BCUT2D eigenvalue weighted by molar-refractivity contribution is 0.0735. The van der Waals surface area contributed by atoms with Gasteiger partial charge in [-0.15, -0.1) is 0 Å². The Morgan fingerprint density at radius 3 is 2.57 bits per heavy atom. The van der Waals surface area contributed by atoms with Crippen molar-refractivity contribution in [3.05, 3.63) is 65.1 Å². The van der Waals surface area contributed by atoms with E-state index >= 15 is 0 Å². The summed E-state index contributed by atoms with van der Waals surface area (Å²) in [7, 11) is 3.19. The summed E-state index contributed by atoms with van der Waals surface area (Å²) in [6.45, 7) is 1.000. The molecule has 3 aromatic rings. The predicted octanol–water partition coefficient (Wildman–Crippen LogP) is 3.43. The first kappa shape index (κ1) is 18.0. The summed E-state index contributed by atoms with van der Waals surface area (Å²) in [5.74, 6) is 0.720. The molecule has 0 saturated carbocycles. The molecule has 6 nitrogen and oxygen atoms in total. The van der Waals surface area contributed by atoms with Crippen LogP contribution in [0.3, 0.4) is 0 Å². The van der Waals surface area contributed by atoms with Crippen LogP contribution in [0.1, 0.15) is 21.5 Å². The van der Waals surface area contributed by atoms with Crippen molar-refractivity contribution in [2.45, 2.75) is 13.0 Å². The third-order valence-electron chi connectivity index (χ3n) is 5.02. The number of H-pyrrole nitrogens is 1. The molecule has 0 radical (unpaired) electrons. The molecule has 1 N–H and O–H groups in total. The first-order valence-corrected chi connectivity index (χ1v) is 8.93. The van der Waals surface area contributed by atoms with Crippen LogP contribution in [0.2, 0.25) is 0 Å². The number of halogens is 1. The molecule has 1 aliphatic heterocycles. The highest BCUT2D eigenvalue weighted by Crippen LogP contribution is 2.34. The fourth-order valence-corrected chi connectivity index (χ4v) is 3.54. The van der Waals surface area contributed by atoms with Gasteiger partial charge in [0.05, 0.1) is 31.7 Å². The third-order valence-corrected chi connectivity index (χ3v) is 5.02. The molecule has 0 unspecified atom stereocenters. The van der Waals surface area contributed by atoms with Crippen molar-refractivity contribution in [1.29, 1.82) is 0 Å². The summed E-state index contributed by atoms with van der Waals surface area (Å²) in [5.41, 5.74) is 3.21. The van der Waals surface area contributed by atoms with Crippen molar-refractivity contribution < 1.29 is 18.7 Å². The highest BCUT2D eigenvalue weighted by atomic mass is 19.1. The number of aromatic amines is 1. The largest absolute Gasteiger partial charge is 0.493 e. The Morgan fingerprint density at radius 1 is 1.14 bits per heavy atom. The monoisotopic (exact) mass is 381 g/mol. The molecule has 0 fully saturated rings. The summed E-state index contributed by atoms with van der Waals surface area (Å²) in [6.07, 6.45) is 2.16. The number of nitrogens with zero attached hydrogens (tertiary/aromatic N) is 2. The van der Waals surface area contributed by atoms with Crippen molar-refractivity contribution in [1.82, 2.24) is 15.1 Å². The van der Waals surface area contributed by atoms with Crippen LogP contribution >= 0.6 is 0 Å². The molecule has 0 atom stereocenters. The van der Waals surface area contributed by atoms with Crippen LogP contribution in [0, 0.1) is 5.82 Å². The van der Waals surface area contributed by atoms with Gasteiger partial charge in [-0.1, -0.05) is 12.1 Å². The van der Waals surface area contributed by atoms with E-state index in [0.717, 1.165) is 11.1 Å². The zero-order chi connectivity index (χ0) is 19.7. The van der Waals surface area contributed by atoms with E-state index < -0.39 is 5.82 Å². The number of methoxy groups -OCH3 is 2. The zero-order valence-corrected chi connectivity index (χ0v) is 15.7. The Labute approximate surface area is 161 Å². The minimum atomic E-state index is -0.401. The number of carbonyl (C=O) groups excluding carboxylic acids is 1. The van der Waals surface area contributed by atoms with E-state index in [0.29, 0.717) is 47.8 Å². The Balaban J connectivity index is 1.63. The van der Waals surface area contributed by atoms with Crippen molar-refractivity contribution in [2.24, 2.45) is 0 Å². The van der Waals surface area contributed by atoms with Crippen LogP contribution in [0.15, 0.2) is 42.6 Å². The van der Waals surface area contributed by atoms with Gasteiger partial charge < -0.3 is 14.4 Å². The molecule has 0 bridgehead atoms. The fraction of sp³-hybridized carbons (Fsp3) is 0.238. The summed E-state index contributed by atoms with van der Waals surface area (Å²) >= 11 is 0. The van der Waals surface area contributed by atoms with Crippen LogP contribution in [0.5, 0.6) is 11.5 Å². The number of hydrogen-bond donors (Lipinski definition) is 1. The number of amides is 1. The second kappa shape index (κ2) is 7.34. The Morgan fingerprint density at radius 2 is 1.86 bits per heavy atom. The Hall–Kier alpha value is -3.35. The van der Waals surface area contributed by atoms with E-state index in [1.165, 1.54) is 12.3 Å². The Kier molecular flexibility index (Phi) is 4.73. The van der Waals surface area contributed by atoms with Crippen LogP contribution in [-0.2, 0) is 13.0 Å². The molecule has 1 amide bonds. The topological polar surface area (TPSA) is 67.5 Å². The molecule has 144 valence electrons.